The summed E-state index contributed by atoms with van der Waals surface area (Å²) in [6, 6.07) is 5.63. The fourth-order valence-electron chi connectivity index (χ4n) is 1.10. The molecule has 1 aromatic carbocycles. The predicted molar refractivity (Wildman–Crippen MR) is 46.7 cm³/mol. The molecule has 0 aliphatic rings. The number of Topliss-reactive ketones (excluding diaryl/α,β-unsaturated/α-hetero) is 1. The number of carbonyl (C=O) groups excluding carboxylic acids is 1. The minimum atomic E-state index is -0.895. The molecule has 1 rings (SSSR count). The molecular formula is C10H11FO2. The molecule has 1 unspecified atom stereocenters. The predicted octanol–water partition coefficient (Wildman–Crippen LogP) is 1.84. The Kier molecular flexibility index (Phi) is 3.14. The Morgan fingerprint density at radius 1 is 1.62 bits per heavy atom. The van der Waals surface area contributed by atoms with E-state index in [1.54, 1.807) is 6.07 Å². The molecular weight excluding hydrogens is 171 g/mol. The lowest BCUT2D eigenvalue weighted by Gasteiger charge is -2.08. The van der Waals surface area contributed by atoms with Crippen molar-refractivity contribution in [2.45, 2.75) is 19.4 Å². The van der Waals surface area contributed by atoms with Crippen LogP contribution < -0.4 is 0 Å². The smallest absolute Gasteiger partial charge is 0.132 e. The number of ketones is 1. The van der Waals surface area contributed by atoms with Crippen molar-refractivity contribution in [3.8, 4) is 0 Å². The van der Waals surface area contributed by atoms with Gasteiger partial charge in [0.2, 0.25) is 0 Å². The molecule has 3 heteroatoms. The summed E-state index contributed by atoms with van der Waals surface area (Å²) in [6.07, 6.45) is -0.864. The number of hydrogen-bond acceptors (Lipinski definition) is 2. The average molecular weight is 182 g/mol. The number of hydrogen-bond donors (Lipinski definition) is 1. The minimum absolute atomic E-state index is 0.0312. The summed E-state index contributed by atoms with van der Waals surface area (Å²) in [5.41, 5.74) is 0.440. The largest absolute Gasteiger partial charge is 0.388 e. The van der Waals surface area contributed by atoms with E-state index in [0.29, 0.717) is 5.56 Å². The lowest BCUT2D eigenvalue weighted by atomic mass is 10.1. The normalized spacial score (nSPS) is 12.5. The standard InChI is InChI=1S/C10H11FO2/c1-7(12)5-10(13)8-3-2-4-9(11)6-8/h2-4,6,10,13H,5H2,1H3. The molecule has 0 heterocycles. The SMILES string of the molecule is CC(=O)CC(O)c1cccc(F)c1. The molecule has 0 saturated carbocycles. The van der Waals surface area contributed by atoms with Crippen LogP contribution in [0.15, 0.2) is 24.3 Å². The molecule has 0 aliphatic heterocycles. The molecule has 13 heavy (non-hydrogen) atoms. The topological polar surface area (TPSA) is 37.3 Å². The highest BCUT2D eigenvalue weighted by molar-refractivity contribution is 5.76. The first-order chi connectivity index (χ1) is 6.09. The average Bonchev–Trinajstić information content (AvgIpc) is 2.03. The first-order valence-electron chi connectivity index (χ1n) is 4.02. The minimum Gasteiger partial charge on any atom is -0.388 e. The summed E-state index contributed by atoms with van der Waals surface area (Å²) in [7, 11) is 0. The quantitative estimate of drug-likeness (QED) is 0.774. The van der Waals surface area contributed by atoms with E-state index < -0.39 is 11.9 Å². The molecule has 0 spiro atoms. The van der Waals surface area contributed by atoms with Crippen molar-refractivity contribution >= 4 is 5.78 Å². The third-order valence-electron chi connectivity index (χ3n) is 1.71. The molecule has 0 aliphatic carbocycles. The summed E-state index contributed by atoms with van der Waals surface area (Å²) < 4.78 is 12.7. The highest BCUT2D eigenvalue weighted by Crippen LogP contribution is 2.17. The molecule has 1 atom stereocenters. The molecule has 0 amide bonds. The van der Waals surface area contributed by atoms with Crippen molar-refractivity contribution in [1.29, 1.82) is 0 Å². The molecule has 0 saturated heterocycles. The van der Waals surface area contributed by atoms with Crippen LogP contribution in [0.3, 0.4) is 0 Å². The Balaban J connectivity index is 2.76. The zero-order valence-electron chi connectivity index (χ0n) is 7.33. The van der Waals surface area contributed by atoms with E-state index in [9.17, 15) is 14.3 Å². The van der Waals surface area contributed by atoms with Gasteiger partial charge in [0.15, 0.2) is 0 Å². The van der Waals surface area contributed by atoms with E-state index in [-0.39, 0.29) is 12.2 Å². The van der Waals surface area contributed by atoms with E-state index in [1.165, 1.54) is 25.1 Å². The van der Waals surface area contributed by atoms with Crippen molar-refractivity contribution in [3.05, 3.63) is 35.6 Å². The summed E-state index contributed by atoms with van der Waals surface area (Å²) >= 11 is 0. The van der Waals surface area contributed by atoms with Crippen LogP contribution in [-0.4, -0.2) is 10.9 Å². The zero-order chi connectivity index (χ0) is 9.84. The van der Waals surface area contributed by atoms with E-state index in [1.807, 2.05) is 0 Å². The molecule has 0 aromatic heterocycles. The Morgan fingerprint density at radius 2 is 2.31 bits per heavy atom. The van der Waals surface area contributed by atoms with Crippen LogP contribution in [0.1, 0.15) is 25.0 Å². The lowest BCUT2D eigenvalue weighted by Crippen LogP contribution is -2.03. The molecule has 0 bridgehead atoms. The van der Waals surface area contributed by atoms with Gasteiger partial charge in [-0.05, 0) is 24.6 Å². The van der Waals surface area contributed by atoms with Gasteiger partial charge < -0.3 is 5.11 Å². The third-order valence-corrected chi connectivity index (χ3v) is 1.71. The number of aliphatic hydroxyl groups excluding tert-OH is 1. The van der Waals surface area contributed by atoms with Gasteiger partial charge in [0.1, 0.15) is 11.6 Å². The fraction of sp³-hybridized carbons (Fsp3) is 0.300. The first kappa shape index (κ1) is 9.86. The lowest BCUT2D eigenvalue weighted by molar-refractivity contribution is -0.118. The maximum atomic E-state index is 12.7. The van der Waals surface area contributed by atoms with Gasteiger partial charge in [-0.2, -0.15) is 0 Å². The van der Waals surface area contributed by atoms with Crippen LogP contribution in [-0.2, 0) is 4.79 Å². The van der Waals surface area contributed by atoms with Crippen LogP contribution in [0.2, 0.25) is 0 Å². The van der Waals surface area contributed by atoms with Crippen LogP contribution >= 0.6 is 0 Å². The van der Waals surface area contributed by atoms with E-state index in [2.05, 4.69) is 0 Å². The second-order valence-corrected chi connectivity index (χ2v) is 2.98. The van der Waals surface area contributed by atoms with Crippen molar-refractivity contribution in [3.63, 3.8) is 0 Å². The molecule has 1 aromatic rings. The van der Waals surface area contributed by atoms with Crippen LogP contribution in [0.4, 0.5) is 4.39 Å². The Labute approximate surface area is 76.0 Å². The van der Waals surface area contributed by atoms with E-state index in [4.69, 9.17) is 0 Å². The number of benzene rings is 1. The maximum Gasteiger partial charge on any atom is 0.132 e. The van der Waals surface area contributed by atoms with Gasteiger partial charge in [-0.1, -0.05) is 12.1 Å². The van der Waals surface area contributed by atoms with Gasteiger partial charge in [0.25, 0.3) is 0 Å². The highest BCUT2D eigenvalue weighted by Gasteiger charge is 2.09. The highest BCUT2D eigenvalue weighted by atomic mass is 19.1. The van der Waals surface area contributed by atoms with Gasteiger partial charge in [-0.25, -0.2) is 4.39 Å². The Morgan fingerprint density at radius 3 is 2.85 bits per heavy atom. The van der Waals surface area contributed by atoms with Gasteiger partial charge in [-0.3, -0.25) is 4.79 Å². The van der Waals surface area contributed by atoms with Gasteiger partial charge in [0.05, 0.1) is 6.10 Å². The number of rotatable bonds is 3. The number of aliphatic hydroxyl groups is 1. The van der Waals surface area contributed by atoms with Crippen LogP contribution in [0.5, 0.6) is 0 Å². The van der Waals surface area contributed by atoms with Gasteiger partial charge in [0, 0.05) is 6.42 Å². The molecule has 0 radical (unpaired) electrons. The van der Waals surface area contributed by atoms with Crippen molar-refractivity contribution in [2.75, 3.05) is 0 Å². The first-order valence-corrected chi connectivity index (χ1v) is 4.02. The van der Waals surface area contributed by atoms with Crippen LogP contribution in [0.25, 0.3) is 0 Å². The summed E-state index contributed by atoms with van der Waals surface area (Å²) in [5.74, 6) is -0.517. The fourth-order valence-corrected chi connectivity index (χ4v) is 1.10. The molecule has 1 N–H and O–H groups in total. The Bertz CT molecular complexity index is 310. The molecule has 0 fully saturated rings. The van der Waals surface area contributed by atoms with Gasteiger partial charge >= 0.3 is 0 Å². The number of carbonyl (C=O) groups is 1. The second kappa shape index (κ2) is 4.14. The number of halogens is 1. The van der Waals surface area contributed by atoms with E-state index in [0.717, 1.165) is 0 Å². The summed E-state index contributed by atoms with van der Waals surface area (Å²) in [5, 5.41) is 9.43. The summed E-state index contributed by atoms with van der Waals surface area (Å²) in [4.78, 5) is 10.7. The van der Waals surface area contributed by atoms with Gasteiger partial charge in [-0.15, -0.1) is 0 Å². The summed E-state index contributed by atoms with van der Waals surface area (Å²) in [6.45, 7) is 1.39. The third kappa shape index (κ3) is 2.95. The molecule has 2 nitrogen and oxygen atoms in total. The maximum absolute atomic E-state index is 12.7. The van der Waals surface area contributed by atoms with Crippen LogP contribution in [0, 0.1) is 5.82 Å². The monoisotopic (exact) mass is 182 g/mol. The second-order valence-electron chi connectivity index (χ2n) is 2.98. The Hall–Kier alpha value is -1.22. The van der Waals surface area contributed by atoms with Crippen molar-refractivity contribution in [1.82, 2.24) is 0 Å². The van der Waals surface area contributed by atoms with E-state index >= 15 is 0 Å². The van der Waals surface area contributed by atoms with Crippen molar-refractivity contribution in [2.24, 2.45) is 0 Å². The zero-order valence-corrected chi connectivity index (χ0v) is 7.33. The molecule has 70 valence electrons. The van der Waals surface area contributed by atoms with Crippen molar-refractivity contribution < 1.29 is 14.3 Å².